The number of amides is 1. The van der Waals surface area contributed by atoms with Gasteiger partial charge < -0.3 is 14.4 Å². The molecule has 0 N–H and O–H groups in total. The fraction of sp³-hybridized carbons (Fsp3) is 0.444. The molecule has 1 aliphatic rings. The van der Waals surface area contributed by atoms with Crippen LogP contribution in [0.5, 0.6) is 0 Å². The van der Waals surface area contributed by atoms with Crippen molar-refractivity contribution in [2.24, 2.45) is 5.92 Å². The second-order valence-electron chi connectivity index (χ2n) is 6.05. The standard InChI is InChI=1S/C18H20FNO4S/c1-23-10-12-15-13(19)4-3-5-14(15)25-16(12)17(21)20-8-6-11(7-9-20)18(22)24-2/h3-5,11H,6-10H2,1-2H3. The average Bonchev–Trinajstić information content (AvgIpc) is 3.01. The highest BCUT2D eigenvalue weighted by Crippen LogP contribution is 2.35. The molecular weight excluding hydrogens is 345 g/mol. The van der Waals surface area contributed by atoms with Gasteiger partial charge in [-0.05, 0) is 25.0 Å². The first-order chi connectivity index (χ1) is 12.1. The Labute approximate surface area is 149 Å². The van der Waals surface area contributed by atoms with Crippen LogP contribution >= 0.6 is 11.3 Å². The highest BCUT2D eigenvalue weighted by Gasteiger charge is 2.30. The van der Waals surface area contributed by atoms with Gasteiger partial charge >= 0.3 is 5.97 Å². The number of methoxy groups -OCH3 is 2. The van der Waals surface area contributed by atoms with Crippen molar-refractivity contribution in [2.45, 2.75) is 19.4 Å². The molecule has 0 aliphatic carbocycles. The Kier molecular flexibility index (Phi) is 5.34. The van der Waals surface area contributed by atoms with Gasteiger partial charge in [0.05, 0.1) is 24.5 Å². The van der Waals surface area contributed by atoms with Gasteiger partial charge in [0.15, 0.2) is 0 Å². The van der Waals surface area contributed by atoms with E-state index in [0.29, 0.717) is 41.8 Å². The molecule has 0 unspecified atom stereocenters. The maximum Gasteiger partial charge on any atom is 0.308 e. The third-order valence-corrected chi connectivity index (χ3v) is 5.75. The van der Waals surface area contributed by atoms with Gasteiger partial charge in [-0.1, -0.05) is 6.07 Å². The summed E-state index contributed by atoms with van der Waals surface area (Å²) in [6.45, 7) is 1.16. The van der Waals surface area contributed by atoms with Crippen LogP contribution in [0, 0.1) is 11.7 Å². The normalized spacial score (nSPS) is 15.6. The number of nitrogens with zero attached hydrogens (tertiary/aromatic N) is 1. The molecule has 1 aromatic carbocycles. The first-order valence-corrected chi connectivity index (χ1v) is 8.94. The quantitative estimate of drug-likeness (QED) is 0.781. The predicted octanol–water partition coefficient (Wildman–Crippen LogP) is 3.21. The van der Waals surface area contributed by atoms with E-state index < -0.39 is 0 Å². The molecule has 0 spiro atoms. The van der Waals surface area contributed by atoms with E-state index in [2.05, 4.69) is 0 Å². The minimum Gasteiger partial charge on any atom is -0.469 e. The lowest BCUT2D eigenvalue weighted by Gasteiger charge is -2.30. The number of fused-ring (bicyclic) bond motifs is 1. The largest absolute Gasteiger partial charge is 0.469 e. The van der Waals surface area contributed by atoms with Crippen LogP contribution in [0.3, 0.4) is 0 Å². The van der Waals surface area contributed by atoms with Crippen LogP contribution in [0.25, 0.3) is 10.1 Å². The zero-order valence-electron chi connectivity index (χ0n) is 14.2. The van der Waals surface area contributed by atoms with Crippen molar-refractivity contribution in [3.8, 4) is 0 Å². The molecule has 1 aliphatic heterocycles. The molecular formula is C18H20FNO4S. The van der Waals surface area contributed by atoms with Crippen molar-refractivity contribution in [3.63, 3.8) is 0 Å². The predicted molar refractivity (Wildman–Crippen MR) is 93.1 cm³/mol. The number of likely N-dealkylation sites (tertiary alicyclic amines) is 1. The Bertz CT molecular complexity index is 796. The molecule has 0 bridgehead atoms. The number of thiophene rings is 1. The summed E-state index contributed by atoms with van der Waals surface area (Å²) in [6, 6.07) is 4.84. The summed E-state index contributed by atoms with van der Waals surface area (Å²) in [5.74, 6) is -0.858. The molecule has 7 heteroatoms. The van der Waals surface area contributed by atoms with E-state index in [-0.39, 0.29) is 30.2 Å². The van der Waals surface area contributed by atoms with Crippen LogP contribution in [0.1, 0.15) is 28.1 Å². The van der Waals surface area contributed by atoms with Crippen LogP contribution in [0.2, 0.25) is 0 Å². The topological polar surface area (TPSA) is 55.8 Å². The highest BCUT2D eigenvalue weighted by atomic mass is 32.1. The van der Waals surface area contributed by atoms with E-state index in [1.54, 1.807) is 11.0 Å². The van der Waals surface area contributed by atoms with Gasteiger partial charge in [0.1, 0.15) is 5.82 Å². The van der Waals surface area contributed by atoms with Crippen molar-refractivity contribution >= 4 is 33.3 Å². The Hall–Kier alpha value is -1.99. The second kappa shape index (κ2) is 7.49. The van der Waals surface area contributed by atoms with Crippen molar-refractivity contribution in [1.29, 1.82) is 0 Å². The maximum atomic E-state index is 14.2. The molecule has 134 valence electrons. The van der Waals surface area contributed by atoms with Gasteiger partial charge in [0, 0.05) is 35.8 Å². The van der Waals surface area contributed by atoms with Gasteiger partial charge in [0.2, 0.25) is 0 Å². The molecule has 1 saturated heterocycles. The first kappa shape index (κ1) is 17.8. The van der Waals surface area contributed by atoms with Gasteiger partial charge in [0.25, 0.3) is 5.91 Å². The lowest BCUT2D eigenvalue weighted by Crippen LogP contribution is -2.40. The minimum atomic E-state index is -0.343. The number of rotatable bonds is 4. The lowest BCUT2D eigenvalue weighted by molar-refractivity contribution is -0.146. The van der Waals surface area contributed by atoms with Crippen molar-refractivity contribution in [1.82, 2.24) is 4.90 Å². The van der Waals surface area contributed by atoms with Gasteiger partial charge in [-0.2, -0.15) is 0 Å². The Morgan fingerprint density at radius 3 is 2.64 bits per heavy atom. The number of carbonyl (C=O) groups is 2. The number of carbonyl (C=O) groups excluding carboxylic acids is 2. The van der Waals surface area contributed by atoms with Crippen molar-refractivity contribution in [3.05, 3.63) is 34.5 Å². The average molecular weight is 365 g/mol. The zero-order chi connectivity index (χ0) is 18.0. The smallest absolute Gasteiger partial charge is 0.308 e. The fourth-order valence-corrected chi connectivity index (χ4v) is 4.44. The third kappa shape index (κ3) is 3.39. The highest BCUT2D eigenvalue weighted by molar-refractivity contribution is 7.21. The van der Waals surface area contributed by atoms with Crippen molar-refractivity contribution < 1.29 is 23.5 Å². The molecule has 0 saturated carbocycles. The molecule has 0 radical (unpaired) electrons. The van der Waals surface area contributed by atoms with E-state index in [9.17, 15) is 14.0 Å². The van der Waals surface area contributed by atoms with E-state index >= 15 is 0 Å². The van der Waals surface area contributed by atoms with Crippen LogP contribution in [-0.4, -0.2) is 44.1 Å². The van der Waals surface area contributed by atoms with Crippen LogP contribution in [-0.2, 0) is 20.9 Å². The van der Waals surface area contributed by atoms with Crippen molar-refractivity contribution in [2.75, 3.05) is 27.3 Å². The van der Waals surface area contributed by atoms with Gasteiger partial charge in [-0.3, -0.25) is 9.59 Å². The first-order valence-electron chi connectivity index (χ1n) is 8.12. The number of esters is 1. The summed E-state index contributed by atoms with van der Waals surface area (Å²) in [6.07, 6.45) is 1.16. The number of hydrogen-bond donors (Lipinski definition) is 0. The number of piperidine rings is 1. The van der Waals surface area contributed by atoms with E-state index in [4.69, 9.17) is 9.47 Å². The summed E-state index contributed by atoms with van der Waals surface area (Å²) in [5.41, 5.74) is 0.598. The summed E-state index contributed by atoms with van der Waals surface area (Å²) in [7, 11) is 2.91. The number of benzene rings is 1. The van der Waals surface area contributed by atoms with E-state index in [0.717, 1.165) is 4.70 Å². The Morgan fingerprint density at radius 1 is 1.28 bits per heavy atom. The Balaban J connectivity index is 1.87. The second-order valence-corrected chi connectivity index (χ2v) is 7.10. The number of ether oxygens (including phenoxy) is 2. The number of hydrogen-bond acceptors (Lipinski definition) is 5. The number of halogens is 1. The van der Waals surface area contributed by atoms with Crippen LogP contribution in [0.15, 0.2) is 18.2 Å². The molecule has 1 amide bonds. The minimum absolute atomic E-state index is 0.129. The van der Waals surface area contributed by atoms with Gasteiger partial charge in [-0.15, -0.1) is 11.3 Å². The molecule has 1 aromatic heterocycles. The third-order valence-electron chi connectivity index (χ3n) is 4.56. The summed E-state index contributed by atoms with van der Waals surface area (Å²) >= 11 is 1.29. The fourth-order valence-electron chi connectivity index (χ4n) is 3.25. The van der Waals surface area contributed by atoms with E-state index in [1.807, 2.05) is 6.07 Å². The molecule has 1 fully saturated rings. The molecule has 0 atom stereocenters. The molecule has 25 heavy (non-hydrogen) atoms. The zero-order valence-corrected chi connectivity index (χ0v) is 15.0. The summed E-state index contributed by atoms with van der Waals surface area (Å²) in [5, 5.41) is 0.460. The lowest BCUT2D eigenvalue weighted by atomic mass is 9.97. The molecule has 2 aromatic rings. The summed E-state index contributed by atoms with van der Waals surface area (Å²) < 4.78 is 25.0. The van der Waals surface area contributed by atoms with Gasteiger partial charge in [-0.25, -0.2) is 4.39 Å². The molecule has 3 rings (SSSR count). The van der Waals surface area contributed by atoms with Crippen LogP contribution in [0.4, 0.5) is 4.39 Å². The van der Waals surface area contributed by atoms with Crippen LogP contribution < -0.4 is 0 Å². The maximum absolute atomic E-state index is 14.2. The SMILES string of the molecule is COCc1c(C(=O)N2CCC(C(=O)OC)CC2)sc2cccc(F)c12. The molecule has 2 heterocycles. The summed E-state index contributed by atoms with van der Waals surface area (Å²) in [4.78, 5) is 26.8. The monoisotopic (exact) mass is 365 g/mol. The molecule has 5 nitrogen and oxygen atoms in total. The van der Waals surface area contributed by atoms with E-state index in [1.165, 1.54) is 31.6 Å². The Morgan fingerprint density at radius 2 is 2.00 bits per heavy atom.